The van der Waals surface area contributed by atoms with Crippen molar-refractivity contribution in [2.45, 2.75) is 13.0 Å². The van der Waals surface area contributed by atoms with E-state index in [4.69, 9.17) is 0 Å². The summed E-state index contributed by atoms with van der Waals surface area (Å²) in [7, 11) is 0. The Hall–Kier alpha value is -3.15. The summed E-state index contributed by atoms with van der Waals surface area (Å²) < 4.78 is 13.5. The average molecular weight is 339 g/mol. The molecule has 3 N–H and O–H groups in total. The predicted octanol–water partition coefficient (Wildman–Crippen LogP) is 2.28. The zero-order valence-electron chi connectivity index (χ0n) is 13.5. The number of benzene rings is 2. The van der Waals surface area contributed by atoms with E-state index in [-0.39, 0.29) is 6.54 Å². The average Bonchev–Trinajstić information content (AvgIpc) is 3.04. The Labute approximate surface area is 144 Å². The number of halogens is 1. The van der Waals surface area contributed by atoms with Gasteiger partial charge < -0.3 is 15.6 Å². The van der Waals surface area contributed by atoms with Gasteiger partial charge in [-0.2, -0.15) is 0 Å². The highest BCUT2D eigenvalue weighted by molar-refractivity contribution is 6.35. The monoisotopic (exact) mass is 339 g/mol. The molecule has 2 amide bonds. The van der Waals surface area contributed by atoms with Crippen LogP contribution in [0, 0.1) is 5.82 Å². The fraction of sp³-hybridized carbons (Fsp3) is 0.158. The van der Waals surface area contributed by atoms with Crippen molar-refractivity contribution in [3.8, 4) is 0 Å². The molecule has 3 aromatic rings. The van der Waals surface area contributed by atoms with Gasteiger partial charge in [0.2, 0.25) is 0 Å². The van der Waals surface area contributed by atoms with E-state index >= 15 is 0 Å². The largest absolute Gasteiger partial charge is 0.361 e. The Bertz CT molecular complexity index is 904. The van der Waals surface area contributed by atoms with Crippen LogP contribution in [-0.2, 0) is 22.6 Å². The van der Waals surface area contributed by atoms with Gasteiger partial charge in [-0.25, -0.2) is 4.39 Å². The second kappa shape index (κ2) is 7.61. The zero-order chi connectivity index (χ0) is 17.6. The van der Waals surface area contributed by atoms with Crippen LogP contribution >= 0.6 is 0 Å². The van der Waals surface area contributed by atoms with Crippen molar-refractivity contribution in [2.24, 2.45) is 0 Å². The van der Waals surface area contributed by atoms with Gasteiger partial charge in [0.05, 0.1) is 0 Å². The number of carbonyl (C=O) groups is 2. The van der Waals surface area contributed by atoms with Gasteiger partial charge in [-0.1, -0.05) is 36.4 Å². The molecule has 0 saturated carbocycles. The van der Waals surface area contributed by atoms with Crippen LogP contribution < -0.4 is 10.6 Å². The highest BCUT2D eigenvalue weighted by Gasteiger charge is 2.13. The zero-order valence-corrected chi connectivity index (χ0v) is 13.5. The first kappa shape index (κ1) is 16.7. The molecule has 0 unspecified atom stereocenters. The van der Waals surface area contributed by atoms with E-state index in [1.54, 1.807) is 18.2 Å². The molecule has 0 bridgehead atoms. The number of nitrogens with one attached hydrogen (secondary N) is 3. The van der Waals surface area contributed by atoms with Crippen LogP contribution in [0.1, 0.15) is 11.1 Å². The Morgan fingerprint density at radius 1 is 0.920 bits per heavy atom. The van der Waals surface area contributed by atoms with E-state index in [9.17, 15) is 14.0 Å². The minimum Gasteiger partial charge on any atom is -0.361 e. The molecule has 25 heavy (non-hydrogen) atoms. The van der Waals surface area contributed by atoms with Gasteiger partial charge in [0.1, 0.15) is 5.82 Å². The number of hydrogen-bond acceptors (Lipinski definition) is 2. The number of rotatable bonds is 5. The molecule has 6 heteroatoms. The predicted molar refractivity (Wildman–Crippen MR) is 93.3 cm³/mol. The van der Waals surface area contributed by atoms with Gasteiger partial charge in [0.25, 0.3) is 0 Å². The van der Waals surface area contributed by atoms with Gasteiger partial charge >= 0.3 is 11.8 Å². The fourth-order valence-electron chi connectivity index (χ4n) is 2.63. The molecule has 3 rings (SSSR count). The minimum absolute atomic E-state index is 0.0264. The van der Waals surface area contributed by atoms with Gasteiger partial charge in [-0.3, -0.25) is 9.59 Å². The van der Waals surface area contributed by atoms with Crippen molar-refractivity contribution in [1.29, 1.82) is 0 Å². The SMILES string of the molecule is O=C(NCCc1c[nH]c2ccccc12)C(=O)NCc1ccccc1F. The first-order valence-corrected chi connectivity index (χ1v) is 7.99. The van der Waals surface area contributed by atoms with Crippen LogP contribution in [0.15, 0.2) is 54.7 Å². The number of aromatic nitrogens is 1. The van der Waals surface area contributed by atoms with Crippen LogP contribution in [0.4, 0.5) is 4.39 Å². The molecular weight excluding hydrogens is 321 g/mol. The molecular formula is C19H18FN3O2. The number of fused-ring (bicyclic) bond motifs is 1. The van der Waals surface area contributed by atoms with Crippen LogP contribution in [0.25, 0.3) is 10.9 Å². The summed E-state index contributed by atoms with van der Waals surface area (Å²) in [6.45, 7) is 0.315. The summed E-state index contributed by atoms with van der Waals surface area (Å²) in [5.74, 6) is -1.92. The minimum atomic E-state index is -0.776. The lowest BCUT2D eigenvalue weighted by Gasteiger charge is -2.07. The maximum absolute atomic E-state index is 13.5. The lowest BCUT2D eigenvalue weighted by Crippen LogP contribution is -2.40. The van der Waals surface area contributed by atoms with E-state index < -0.39 is 17.6 Å². The first-order chi connectivity index (χ1) is 12.1. The first-order valence-electron chi connectivity index (χ1n) is 7.99. The second-order valence-corrected chi connectivity index (χ2v) is 5.64. The van der Waals surface area contributed by atoms with Crippen molar-refractivity contribution in [3.05, 3.63) is 71.7 Å². The molecule has 0 fully saturated rings. The highest BCUT2D eigenvalue weighted by atomic mass is 19.1. The van der Waals surface area contributed by atoms with E-state index in [0.29, 0.717) is 18.5 Å². The number of carbonyl (C=O) groups excluding carboxylic acids is 2. The molecule has 0 saturated heterocycles. The maximum atomic E-state index is 13.5. The number of hydrogen-bond donors (Lipinski definition) is 3. The standard InChI is InChI=1S/C19H18FN3O2/c20-16-7-3-1-5-14(16)12-23-19(25)18(24)21-10-9-13-11-22-17-8-4-2-6-15(13)17/h1-8,11,22H,9-10,12H2,(H,21,24)(H,23,25). The molecule has 0 radical (unpaired) electrons. The third-order valence-corrected chi connectivity index (χ3v) is 3.96. The third-order valence-electron chi connectivity index (χ3n) is 3.96. The maximum Gasteiger partial charge on any atom is 0.309 e. The number of aromatic amines is 1. The van der Waals surface area contributed by atoms with Crippen LogP contribution in [0.2, 0.25) is 0 Å². The number of H-pyrrole nitrogens is 1. The smallest absolute Gasteiger partial charge is 0.309 e. The molecule has 0 spiro atoms. The quantitative estimate of drug-likeness (QED) is 0.624. The van der Waals surface area contributed by atoms with Crippen LogP contribution in [-0.4, -0.2) is 23.3 Å². The van der Waals surface area contributed by atoms with Crippen molar-refractivity contribution < 1.29 is 14.0 Å². The molecule has 2 aromatic carbocycles. The second-order valence-electron chi connectivity index (χ2n) is 5.64. The van der Waals surface area contributed by atoms with Crippen molar-refractivity contribution in [1.82, 2.24) is 15.6 Å². The van der Waals surface area contributed by atoms with E-state index in [2.05, 4.69) is 15.6 Å². The molecule has 0 aliphatic heterocycles. The summed E-state index contributed by atoms with van der Waals surface area (Å²) in [5, 5.41) is 6.09. The Balaban J connectivity index is 1.47. The summed E-state index contributed by atoms with van der Waals surface area (Å²) in [5.41, 5.74) is 2.44. The van der Waals surface area contributed by atoms with Crippen molar-refractivity contribution in [2.75, 3.05) is 6.54 Å². The topological polar surface area (TPSA) is 74.0 Å². The molecule has 1 aromatic heterocycles. The molecule has 0 atom stereocenters. The summed E-state index contributed by atoms with van der Waals surface area (Å²) in [6.07, 6.45) is 2.51. The van der Waals surface area contributed by atoms with Crippen molar-refractivity contribution >= 4 is 22.7 Å². The highest BCUT2D eigenvalue weighted by Crippen LogP contribution is 2.17. The van der Waals surface area contributed by atoms with Gasteiger partial charge in [0.15, 0.2) is 0 Å². The van der Waals surface area contributed by atoms with E-state index in [1.165, 1.54) is 6.07 Å². The van der Waals surface area contributed by atoms with Gasteiger partial charge in [0, 0.05) is 35.8 Å². The molecule has 1 heterocycles. The Morgan fingerprint density at radius 3 is 2.48 bits per heavy atom. The molecule has 0 aliphatic rings. The van der Waals surface area contributed by atoms with E-state index in [1.807, 2.05) is 30.5 Å². The Kier molecular flexibility index (Phi) is 5.09. The summed E-state index contributed by atoms with van der Waals surface area (Å²) in [6, 6.07) is 14.0. The van der Waals surface area contributed by atoms with Crippen LogP contribution in [0.5, 0.6) is 0 Å². The molecule has 0 aliphatic carbocycles. The van der Waals surface area contributed by atoms with Crippen molar-refractivity contribution in [3.63, 3.8) is 0 Å². The molecule has 128 valence electrons. The lowest BCUT2D eigenvalue weighted by molar-refractivity contribution is -0.139. The van der Waals surface area contributed by atoms with E-state index in [0.717, 1.165) is 16.5 Å². The summed E-state index contributed by atoms with van der Waals surface area (Å²) in [4.78, 5) is 26.8. The normalized spacial score (nSPS) is 10.6. The molecule has 5 nitrogen and oxygen atoms in total. The number of para-hydroxylation sites is 1. The third kappa shape index (κ3) is 4.03. The van der Waals surface area contributed by atoms with Crippen LogP contribution in [0.3, 0.4) is 0 Å². The summed E-state index contributed by atoms with van der Waals surface area (Å²) >= 11 is 0. The van der Waals surface area contributed by atoms with Gasteiger partial charge in [-0.05, 0) is 24.1 Å². The van der Waals surface area contributed by atoms with Gasteiger partial charge in [-0.15, -0.1) is 0 Å². The Morgan fingerprint density at radius 2 is 1.64 bits per heavy atom. The number of amides is 2. The fourth-order valence-corrected chi connectivity index (χ4v) is 2.63. The lowest BCUT2D eigenvalue weighted by atomic mass is 10.1.